The number of hydrogen-bond donors (Lipinski definition) is 2. The van der Waals surface area contributed by atoms with Crippen LogP contribution in [-0.4, -0.2) is 48.0 Å². The van der Waals surface area contributed by atoms with E-state index in [1.807, 2.05) is 0 Å². The first-order valence-electron chi connectivity index (χ1n) is 7.47. The van der Waals surface area contributed by atoms with Crippen LogP contribution < -0.4 is 10.6 Å². The highest BCUT2D eigenvalue weighted by Crippen LogP contribution is 2.21. The summed E-state index contributed by atoms with van der Waals surface area (Å²) in [6, 6.07) is 4.89. The Morgan fingerprint density at radius 3 is 2.87 bits per heavy atom. The molecule has 1 aromatic rings. The number of hydrogen-bond acceptors (Lipinski definition) is 5. The largest absolute Gasteiger partial charge is 0.326 e. The van der Waals surface area contributed by atoms with Gasteiger partial charge in [-0.2, -0.15) is 0 Å². The fraction of sp³-hybridized carbons (Fsp3) is 0.533. The van der Waals surface area contributed by atoms with E-state index in [4.69, 9.17) is 0 Å². The number of benzene rings is 1. The zero-order chi connectivity index (χ0) is 16.1. The van der Waals surface area contributed by atoms with Gasteiger partial charge in [0.15, 0.2) is 0 Å². The molecule has 0 saturated carbocycles. The highest BCUT2D eigenvalue weighted by molar-refractivity contribution is 5.91. The molecule has 1 heterocycles. The molecular weight excluding hydrogens is 320 g/mol. The minimum atomic E-state index is -0.440. The van der Waals surface area contributed by atoms with Crippen LogP contribution in [0.25, 0.3) is 0 Å². The van der Waals surface area contributed by atoms with Crippen molar-refractivity contribution in [3.8, 4) is 0 Å². The van der Waals surface area contributed by atoms with Gasteiger partial charge in [-0.25, -0.2) is 0 Å². The zero-order valence-electron chi connectivity index (χ0n) is 13.4. The average Bonchev–Trinajstić information content (AvgIpc) is 2.48. The maximum absolute atomic E-state index is 12.0. The number of piperazine rings is 1. The molecule has 1 amide bonds. The average molecular weight is 343 g/mol. The lowest BCUT2D eigenvalue weighted by Crippen LogP contribution is -2.50. The fourth-order valence-corrected chi connectivity index (χ4v) is 2.57. The monoisotopic (exact) mass is 342 g/mol. The van der Waals surface area contributed by atoms with E-state index in [-0.39, 0.29) is 24.0 Å². The Balaban J connectivity index is 0.00000264. The van der Waals surface area contributed by atoms with Crippen molar-refractivity contribution in [3.05, 3.63) is 33.9 Å². The molecule has 1 aromatic carbocycles. The molecule has 7 nitrogen and oxygen atoms in total. The van der Waals surface area contributed by atoms with Gasteiger partial charge in [0.25, 0.3) is 5.69 Å². The van der Waals surface area contributed by atoms with Gasteiger partial charge in [0.05, 0.1) is 4.92 Å². The van der Waals surface area contributed by atoms with Crippen molar-refractivity contribution in [2.45, 2.75) is 26.3 Å². The lowest BCUT2D eigenvalue weighted by molar-refractivity contribution is -0.384. The predicted octanol–water partition coefficient (Wildman–Crippen LogP) is 1.95. The van der Waals surface area contributed by atoms with Gasteiger partial charge in [-0.3, -0.25) is 19.8 Å². The number of nitrogens with zero attached hydrogens (tertiary/aromatic N) is 2. The van der Waals surface area contributed by atoms with Gasteiger partial charge in [-0.15, -0.1) is 12.4 Å². The number of non-ortho nitro benzene ring substituents is 1. The van der Waals surface area contributed by atoms with E-state index in [0.29, 0.717) is 23.7 Å². The van der Waals surface area contributed by atoms with Crippen molar-refractivity contribution in [3.63, 3.8) is 0 Å². The summed E-state index contributed by atoms with van der Waals surface area (Å²) in [6.07, 6.45) is 0.417. The number of amides is 1. The molecule has 0 radical (unpaired) electrons. The van der Waals surface area contributed by atoms with Crippen molar-refractivity contribution in [1.82, 2.24) is 10.2 Å². The highest BCUT2D eigenvalue weighted by atomic mass is 35.5. The van der Waals surface area contributed by atoms with E-state index in [2.05, 4.69) is 22.5 Å². The molecule has 1 atom stereocenters. The van der Waals surface area contributed by atoms with Crippen LogP contribution in [0.4, 0.5) is 11.4 Å². The molecule has 2 rings (SSSR count). The topological polar surface area (TPSA) is 87.5 Å². The maximum Gasteiger partial charge on any atom is 0.269 e. The first-order valence-corrected chi connectivity index (χ1v) is 7.47. The Hall–Kier alpha value is -1.70. The Morgan fingerprint density at radius 2 is 2.26 bits per heavy atom. The van der Waals surface area contributed by atoms with Crippen LogP contribution in [0.2, 0.25) is 0 Å². The van der Waals surface area contributed by atoms with Crippen molar-refractivity contribution >= 4 is 29.7 Å². The number of rotatable bonds is 5. The van der Waals surface area contributed by atoms with Gasteiger partial charge < -0.3 is 10.6 Å². The molecular formula is C15H23ClN4O3. The minimum absolute atomic E-state index is 0. The van der Waals surface area contributed by atoms with Crippen molar-refractivity contribution in [2.75, 3.05) is 31.5 Å². The second kappa shape index (κ2) is 8.81. The maximum atomic E-state index is 12.0. The first kappa shape index (κ1) is 19.3. The number of carbonyl (C=O) groups is 1. The molecule has 1 aliphatic rings. The van der Waals surface area contributed by atoms with E-state index in [0.717, 1.165) is 26.2 Å². The van der Waals surface area contributed by atoms with Crippen LogP contribution in [0.15, 0.2) is 18.2 Å². The Kier molecular flexibility index (Phi) is 7.41. The van der Waals surface area contributed by atoms with Crippen LogP contribution in [0.3, 0.4) is 0 Å². The van der Waals surface area contributed by atoms with E-state index in [1.165, 1.54) is 12.1 Å². The highest BCUT2D eigenvalue weighted by Gasteiger charge is 2.18. The molecule has 0 aliphatic carbocycles. The summed E-state index contributed by atoms with van der Waals surface area (Å²) in [5.74, 6) is -0.0670. The molecule has 23 heavy (non-hydrogen) atoms. The van der Waals surface area contributed by atoms with E-state index >= 15 is 0 Å². The third kappa shape index (κ3) is 5.46. The van der Waals surface area contributed by atoms with Crippen LogP contribution in [0.1, 0.15) is 18.9 Å². The standard InChI is InChI=1S/C15H22N4O3.ClH/c1-11-9-13(19(21)22)3-4-14(11)17-15(20)5-7-18-8-6-16-10-12(18)2;/h3-4,9,12,16H,5-8,10H2,1-2H3,(H,17,20);1H/t12-;/m0./s1. The third-order valence-electron chi connectivity index (χ3n) is 3.96. The normalized spacial score (nSPS) is 18.1. The Morgan fingerprint density at radius 1 is 1.52 bits per heavy atom. The number of anilines is 1. The van der Waals surface area contributed by atoms with Crippen molar-refractivity contribution in [1.29, 1.82) is 0 Å². The number of halogens is 1. The summed E-state index contributed by atoms with van der Waals surface area (Å²) in [4.78, 5) is 24.6. The van der Waals surface area contributed by atoms with Crippen LogP contribution in [0, 0.1) is 17.0 Å². The quantitative estimate of drug-likeness (QED) is 0.630. The number of nitro groups is 1. The lowest BCUT2D eigenvalue weighted by atomic mass is 10.1. The number of carbonyl (C=O) groups excluding carboxylic acids is 1. The van der Waals surface area contributed by atoms with Crippen molar-refractivity contribution in [2.24, 2.45) is 0 Å². The third-order valence-corrected chi connectivity index (χ3v) is 3.96. The zero-order valence-corrected chi connectivity index (χ0v) is 14.2. The van der Waals surface area contributed by atoms with E-state index in [9.17, 15) is 14.9 Å². The van der Waals surface area contributed by atoms with Gasteiger partial charge >= 0.3 is 0 Å². The van der Waals surface area contributed by atoms with Gasteiger partial charge in [0.2, 0.25) is 5.91 Å². The van der Waals surface area contributed by atoms with Crippen LogP contribution in [-0.2, 0) is 4.79 Å². The molecule has 1 saturated heterocycles. The first-order chi connectivity index (χ1) is 10.5. The lowest BCUT2D eigenvalue weighted by Gasteiger charge is -2.33. The van der Waals surface area contributed by atoms with Gasteiger partial charge in [0.1, 0.15) is 0 Å². The summed E-state index contributed by atoms with van der Waals surface area (Å²) in [5.41, 5.74) is 1.35. The molecule has 0 bridgehead atoms. The number of aryl methyl sites for hydroxylation is 1. The molecule has 128 valence electrons. The number of nitro benzene ring substituents is 1. The molecule has 1 aliphatic heterocycles. The van der Waals surface area contributed by atoms with Crippen molar-refractivity contribution < 1.29 is 9.72 Å². The van der Waals surface area contributed by atoms with Gasteiger partial charge in [-0.1, -0.05) is 0 Å². The Labute approximate surface area is 142 Å². The summed E-state index contributed by atoms with van der Waals surface area (Å²) < 4.78 is 0. The summed E-state index contributed by atoms with van der Waals surface area (Å²) in [6.45, 7) is 7.47. The second-order valence-corrected chi connectivity index (χ2v) is 5.64. The molecule has 0 unspecified atom stereocenters. The van der Waals surface area contributed by atoms with E-state index < -0.39 is 4.92 Å². The van der Waals surface area contributed by atoms with Crippen LogP contribution >= 0.6 is 12.4 Å². The molecule has 0 spiro atoms. The molecule has 0 aromatic heterocycles. The van der Waals surface area contributed by atoms with Gasteiger partial charge in [0, 0.05) is 56.5 Å². The number of nitrogens with one attached hydrogen (secondary N) is 2. The van der Waals surface area contributed by atoms with E-state index in [1.54, 1.807) is 13.0 Å². The smallest absolute Gasteiger partial charge is 0.269 e. The molecule has 2 N–H and O–H groups in total. The summed E-state index contributed by atoms with van der Waals surface area (Å²) in [7, 11) is 0. The summed E-state index contributed by atoms with van der Waals surface area (Å²) in [5, 5.41) is 16.8. The summed E-state index contributed by atoms with van der Waals surface area (Å²) >= 11 is 0. The minimum Gasteiger partial charge on any atom is -0.326 e. The Bertz CT molecular complexity index is 568. The fourth-order valence-electron chi connectivity index (χ4n) is 2.57. The molecule has 1 fully saturated rings. The molecule has 8 heteroatoms. The predicted molar refractivity (Wildman–Crippen MR) is 92.2 cm³/mol. The SMILES string of the molecule is Cc1cc([N+](=O)[O-])ccc1NC(=O)CCN1CCNC[C@@H]1C.Cl. The van der Waals surface area contributed by atoms with Crippen LogP contribution in [0.5, 0.6) is 0 Å². The second-order valence-electron chi connectivity index (χ2n) is 5.64. The van der Waals surface area contributed by atoms with Gasteiger partial charge in [-0.05, 0) is 25.5 Å².